The third-order valence-electron chi connectivity index (χ3n) is 5.36. The highest BCUT2D eigenvalue weighted by Crippen LogP contribution is 2.43. The molecule has 2 aliphatic rings. The van der Waals surface area contributed by atoms with Crippen LogP contribution in [0.2, 0.25) is 0 Å². The minimum atomic E-state index is -0.693. The molecule has 2 aliphatic heterocycles. The van der Waals surface area contributed by atoms with Gasteiger partial charge in [-0.3, -0.25) is 9.59 Å². The molecule has 1 amide bonds. The fourth-order valence-corrected chi connectivity index (χ4v) is 4.76. The normalized spacial score (nSPS) is 19.6. The summed E-state index contributed by atoms with van der Waals surface area (Å²) in [6.45, 7) is 1.14. The average molecular weight is 433 g/mol. The monoisotopic (exact) mass is 433 g/mol. The summed E-state index contributed by atoms with van der Waals surface area (Å²) in [6.07, 6.45) is 0. The zero-order chi connectivity index (χ0) is 21.4. The smallest absolute Gasteiger partial charge is 0.295 e. The molecule has 1 aromatic heterocycles. The maximum Gasteiger partial charge on any atom is 0.295 e. The SMILES string of the molecule is O=C1C(=O)N(Cc2ccccc2)[C@@H](c2cccs2)C1=C(O)c1ccc2c(c1)OCCO2. The fourth-order valence-electron chi connectivity index (χ4n) is 3.91. The van der Waals surface area contributed by atoms with Crippen molar-refractivity contribution in [1.82, 2.24) is 4.90 Å². The molecule has 0 saturated carbocycles. The van der Waals surface area contributed by atoms with Crippen LogP contribution in [0.3, 0.4) is 0 Å². The fraction of sp³-hybridized carbons (Fsp3) is 0.167. The summed E-state index contributed by atoms with van der Waals surface area (Å²) in [5, 5.41) is 13.0. The number of carbonyl (C=O) groups is 2. The molecule has 7 heteroatoms. The Morgan fingerprint density at radius 1 is 1.00 bits per heavy atom. The van der Waals surface area contributed by atoms with Crippen LogP contribution in [0.25, 0.3) is 5.76 Å². The second kappa shape index (κ2) is 7.92. The molecule has 2 aromatic carbocycles. The lowest BCUT2D eigenvalue weighted by molar-refractivity contribution is -0.140. The highest BCUT2D eigenvalue weighted by atomic mass is 32.1. The van der Waals surface area contributed by atoms with Crippen LogP contribution >= 0.6 is 11.3 Å². The van der Waals surface area contributed by atoms with Gasteiger partial charge in [-0.1, -0.05) is 36.4 Å². The number of likely N-dealkylation sites (tertiary alicyclic amines) is 1. The van der Waals surface area contributed by atoms with Crippen LogP contribution in [0.4, 0.5) is 0 Å². The summed E-state index contributed by atoms with van der Waals surface area (Å²) in [6, 6.07) is 17.6. The lowest BCUT2D eigenvalue weighted by Crippen LogP contribution is -2.28. The quantitative estimate of drug-likeness (QED) is 0.380. The van der Waals surface area contributed by atoms with E-state index in [9.17, 15) is 14.7 Å². The molecule has 1 atom stereocenters. The number of ether oxygens (including phenoxy) is 2. The number of hydrogen-bond acceptors (Lipinski definition) is 6. The summed E-state index contributed by atoms with van der Waals surface area (Å²) in [7, 11) is 0. The Kier molecular flexibility index (Phi) is 4.95. The van der Waals surface area contributed by atoms with E-state index < -0.39 is 17.7 Å². The number of rotatable bonds is 4. The van der Waals surface area contributed by atoms with Gasteiger partial charge in [-0.2, -0.15) is 0 Å². The number of aliphatic hydroxyl groups excluding tert-OH is 1. The van der Waals surface area contributed by atoms with Crippen LogP contribution in [0.1, 0.15) is 22.0 Å². The number of fused-ring (bicyclic) bond motifs is 1. The lowest BCUT2D eigenvalue weighted by Gasteiger charge is -2.24. The molecule has 5 rings (SSSR count). The average Bonchev–Trinajstić information content (AvgIpc) is 3.42. The zero-order valence-corrected chi connectivity index (χ0v) is 17.3. The molecule has 31 heavy (non-hydrogen) atoms. The van der Waals surface area contributed by atoms with Crippen molar-refractivity contribution in [3.05, 3.63) is 87.6 Å². The Morgan fingerprint density at radius 2 is 1.77 bits per heavy atom. The molecule has 0 aliphatic carbocycles. The predicted molar refractivity (Wildman–Crippen MR) is 116 cm³/mol. The molecule has 0 spiro atoms. The summed E-state index contributed by atoms with van der Waals surface area (Å²) in [5.74, 6) is -0.448. The number of nitrogens with zero attached hydrogens (tertiary/aromatic N) is 1. The van der Waals surface area contributed by atoms with Crippen LogP contribution in [0.5, 0.6) is 11.5 Å². The molecule has 1 fully saturated rings. The van der Waals surface area contributed by atoms with E-state index in [0.717, 1.165) is 10.4 Å². The summed E-state index contributed by atoms with van der Waals surface area (Å²) in [5.41, 5.74) is 1.40. The number of thiophene rings is 1. The Balaban J connectivity index is 1.60. The first-order valence-corrected chi connectivity index (χ1v) is 10.8. The van der Waals surface area contributed by atoms with Gasteiger partial charge in [0.15, 0.2) is 11.5 Å². The predicted octanol–water partition coefficient (Wildman–Crippen LogP) is 4.14. The van der Waals surface area contributed by atoms with Gasteiger partial charge in [0.05, 0.1) is 11.6 Å². The van der Waals surface area contributed by atoms with Gasteiger partial charge >= 0.3 is 0 Å². The standard InChI is InChI=1S/C24H19NO5S/c26-22(16-8-9-17-18(13-16)30-11-10-29-17)20-21(19-7-4-12-31-19)25(24(28)23(20)27)14-15-5-2-1-3-6-15/h1-9,12-13,21,26H,10-11,14H2/t21-/m0/s1. The van der Waals surface area contributed by atoms with E-state index in [4.69, 9.17) is 9.47 Å². The van der Waals surface area contributed by atoms with Crippen molar-refractivity contribution >= 4 is 28.8 Å². The molecule has 0 unspecified atom stereocenters. The van der Waals surface area contributed by atoms with Gasteiger partial charge < -0.3 is 19.5 Å². The van der Waals surface area contributed by atoms with E-state index in [1.54, 1.807) is 18.2 Å². The van der Waals surface area contributed by atoms with Crippen LogP contribution in [-0.4, -0.2) is 34.9 Å². The Morgan fingerprint density at radius 3 is 2.52 bits per heavy atom. The van der Waals surface area contributed by atoms with E-state index in [2.05, 4.69) is 0 Å². The second-order valence-electron chi connectivity index (χ2n) is 7.29. The number of ketones is 1. The number of amides is 1. The maximum atomic E-state index is 13.1. The van der Waals surface area contributed by atoms with Crippen LogP contribution in [0, 0.1) is 0 Å². The first-order valence-electron chi connectivity index (χ1n) is 9.89. The number of aliphatic hydroxyl groups is 1. The third kappa shape index (κ3) is 3.47. The minimum Gasteiger partial charge on any atom is -0.507 e. The Labute approximate surface area is 183 Å². The minimum absolute atomic E-state index is 0.0834. The second-order valence-corrected chi connectivity index (χ2v) is 8.27. The molecule has 1 saturated heterocycles. The van der Waals surface area contributed by atoms with Gasteiger partial charge in [-0.25, -0.2) is 0 Å². The highest BCUT2D eigenvalue weighted by molar-refractivity contribution is 7.10. The summed E-state index contributed by atoms with van der Waals surface area (Å²) in [4.78, 5) is 28.4. The van der Waals surface area contributed by atoms with Gasteiger partial charge in [-0.15, -0.1) is 11.3 Å². The molecule has 0 bridgehead atoms. The first-order chi connectivity index (χ1) is 15.1. The van der Waals surface area contributed by atoms with Crippen LogP contribution in [-0.2, 0) is 16.1 Å². The van der Waals surface area contributed by atoms with E-state index in [0.29, 0.717) is 30.3 Å². The molecule has 156 valence electrons. The van der Waals surface area contributed by atoms with E-state index >= 15 is 0 Å². The molecule has 3 heterocycles. The van der Waals surface area contributed by atoms with E-state index in [-0.39, 0.29) is 17.9 Å². The zero-order valence-electron chi connectivity index (χ0n) is 16.5. The Bertz CT molecular complexity index is 1170. The summed E-state index contributed by atoms with van der Waals surface area (Å²) < 4.78 is 11.1. The van der Waals surface area contributed by atoms with Crippen molar-refractivity contribution in [3.8, 4) is 11.5 Å². The first kappa shape index (κ1) is 19.4. The largest absolute Gasteiger partial charge is 0.507 e. The van der Waals surface area contributed by atoms with E-state index in [1.807, 2.05) is 47.8 Å². The van der Waals surface area contributed by atoms with Crippen molar-refractivity contribution in [2.45, 2.75) is 12.6 Å². The summed E-state index contributed by atoms with van der Waals surface area (Å²) >= 11 is 1.44. The van der Waals surface area contributed by atoms with Gasteiger partial charge in [-0.05, 0) is 35.2 Å². The maximum absolute atomic E-state index is 13.1. The lowest BCUT2D eigenvalue weighted by atomic mass is 9.99. The topological polar surface area (TPSA) is 76.1 Å². The molecule has 6 nitrogen and oxygen atoms in total. The van der Waals surface area contributed by atoms with Gasteiger partial charge in [0.25, 0.3) is 11.7 Å². The highest BCUT2D eigenvalue weighted by Gasteiger charge is 2.46. The number of carbonyl (C=O) groups excluding carboxylic acids is 2. The van der Waals surface area contributed by atoms with Crippen molar-refractivity contribution in [2.75, 3.05) is 13.2 Å². The molecule has 1 N–H and O–H groups in total. The van der Waals surface area contributed by atoms with Crippen LogP contribution < -0.4 is 9.47 Å². The van der Waals surface area contributed by atoms with Crippen LogP contribution in [0.15, 0.2) is 71.6 Å². The van der Waals surface area contributed by atoms with Crippen molar-refractivity contribution in [3.63, 3.8) is 0 Å². The van der Waals surface area contributed by atoms with Crippen molar-refractivity contribution in [1.29, 1.82) is 0 Å². The number of hydrogen-bond donors (Lipinski definition) is 1. The van der Waals surface area contributed by atoms with Gasteiger partial charge in [0.1, 0.15) is 19.0 Å². The van der Waals surface area contributed by atoms with Gasteiger partial charge in [0.2, 0.25) is 0 Å². The van der Waals surface area contributed by atoms with Crippen molar-refractivity contribution < 1.29 is 24.2 Å². The third-order valence-corrected chi connectivity index (χ3v) is 6.29. The molecular weight excluding hydrogens is 414 g/mol. The number of benzene rings is 2. The molecule has 0 radical (unpaired) electrons. The number of Topliss-reactive ketones (excluding diaryl/α,β-unsaturated/α-hetero) is 1. The molecule has 3 aromatic rings. The van der Waals surface area contributed by atoms with E-state index in [1.165, 1.54) is 16.2 Å². The van der Waals surface area contributed by atoms with Gasteiger partial charge in [0, 0.05) is 17.0 Å². The molecular formula is C24H19NO5S. The Hall–Kier alpha value is -3.58. The van der Waals surface area contributed by atoms with Crippen molar-refractivity contribution in [2.24, 2.45) is 0 Å².